The molecule has 4 heteroatoms. The first kappa shape index (κ1) is 8.83. The van der Waals surface area contributed by atoms with Crippen LogP contribution in [-0.4, -0.2) is 5.16 Å². The lowest BCUT2D eigenvalue weighted by atomic mass is 10.1. The molecule has 2 N–H and O–H groups in total. The number of nitrogens with two attached hydrogens (primary N) is 1. The van der Waals surface area contributed by atoms with Crippen LogP contribution in [0, 0.1) is 3.57 Å². The highest BCUT2D eigenvalue weighted by Gasteiger charge is 2.15. The monoisotopic (exact) mass is 266 g/mol. The van der Waals surface area contributed by atoms with Crippen molar-refractivity contribution in [3.63, 3.8) is 0 Å². The van der Waals surface area contributed by atoms with Crippen LogP contribution in [0.3, 0.4) is 0 Å². The SMILES string of the molecule is CCC(C)c1onc(N)c1I. The number of hydrogen-bond donors (Lipinski definition) is 1. The van der Waals surface area contributed by atoms with Crippen molar-refractivity contribution < 1.29 is 4.52 Å². The molecule has 0 fully saturated rings. The maximum Gasteiger partial charge on any atom is 0.180 e. The third kappa shape index (κ3) is 1.66. The summed E-state index contributed by atoms with van der Waals surface area (Å²) in [5.41, 5.74) is 5.52. The van der Waals surface area contributed by atoms with Crippen molar-refractivity contribution in [2.24, 2.45) is 0 Å². The van der Waals surface area contributed by atoms with E-state index >= 15 is 0 Å². The zero-order valence-corrected chi connectivity index (χ0v) is 8.75. The molecule has 62 valence electrons. The van der Waals surface area contributed by atoms with E-state index in [1.54, 1.807) is 0 Å². The summed E-state index contributed by atoms with van der Waals surface area (Å²) in [7, 11) is 0. The van der Waals surface area contributed by atoms with Gasteiger partial charge >= 0.3 is 0 Å². The van der Waals surface area contributed by atoms with Crippen molar-refractivity contribution in [3.8, 4) is 0 Å². The van der Waals surface area contributed by atoms with Crippen LogP contribution in [-0.2, 0) is 0 Å². The third-order valence-corrected chi connectivity index (χ3v) is 2.83. The molecule has 0 bridgehead atoms. The number of aromatic nitrogens is 1. The molecule has 1 heterocycles. The van der Waals surface area contributed by atoms with E-state index in [0.717, 1.165) is 15.8 Å². The van der Waals surface area contributed by atoms with E-state index in [0.29, 0.717) is 11.7 Å². The lowest BCUT2D eigenvalue weighted by Crippen LogP contribution is -1.92. The summed E-state index contributed by atoms with van der Waals surface area (Å²) in [6, 6.07) is 0. The predicted octanol–water partition coefficient (Wildman–Crippen LogP) is 2.37. The normalized spacial score (nSPS) is 13.4. The van der Waals surface area contributed by atoms with E-state index in [-0.39, 0.29) is 0 Å². The maximum absolute atomic E-state index is 5.52. The topological polar surface area (TPSA) is 52.0 Å². The summed E-state index contributed by atoms with van der Waals surface area (Å²) in [5, 5.41) is 3.68. The van der Waals surface area contributed by atoms with Crippen LogP contribution in [0.5, 0.6) is 0 Å². The highest BCUT2D eigenvalue weighted by Crippen LogP contribution is 2.27. The maximum atomic E-state index is 5.52. The molecule has 11 heavy (non-hydrogen) atoms. The van der Waals surface area contributed by atoms with E-state index in [2.05, 4.69) is 41.6 Å². The van der Waals surface area contributed by atoms with E-state index in [4.69, 9.17) is 10.3 Å². The second kappa shape index (κ2) is 3.42. The minimum Gasteiger partial charge on any atom is -0.380 e. The molecule has 1 aromatic rings. The van der Waals surface area contributed by atoms with Crippen molar-refractivity contribution in [1.29, 1.82) is 0 Å². The van der Waals surface area contributed by atoms with Gasteiger partial charge in [-0.05, 0) is 29.0 Å². The van der Waals surface area contributed by atoms with Crippen LogP contribution in [0.25, 0.3) is 0 Å². The Bertz CT molecular complexity index is 247. The van der Waals surface area contributed by atoms with Gasteiger partial charge in [-0.2, -0.15) is 0 Å². The minimum atomic E-state index is 0.409. The molecule has 0 aromatic carbocycles. The summed E-state index contributed by atoms with van der Waals surface area (Å²) < 4.78 is 6.02. The number of nitrogen functional groups attached to an aromatic ring is 1. The first-order valence-corrected chi connectivity index (χ1v) is 4.65. The molecule has 0 radical (unpaired) electrons. The fourth-order valence-corrected chi connectivity index (χ4v) is 1.52. The van der Waals surface area contributed by atoms with Gasteiger partial charge in [0.2, 0.25) is 0 Å². The number of rotatable bonds is 2. The molecule has 1 unspecified atom stereocenters. The van der Waals surface area contributed by atoms with E-state index in [1.165, 1.54) is 0 Å². The van der Waals surface area contributed by atoms with Gasteiger partial charge in [-0.25, -0.2) is 0 Å². The van der Waals surface area contributed by atoms with E-state index in [9.17, 15) is 0 Å². The Morgan fingerprint density at radius 2 is 2.36 bits per heavy atom. The molecule has 1 atom stereocenters. The van der Waals surface area contributed by atoms with Gasteiger partial charge in [0.15, 0.2) is 11.6 Å². The fourth-order valence-electron chi connectivity index (χ4n) is 0.796. The van der Waals surface area contributed by atoms with E-state index in [1.807, 2.05) is 0 Å². The number of nitrogens with zero attached hydrogens (tertiary/aromatic N) is 1. The lowest BCUT2D eigenvalue weighted by Gasteiger charge is -2.01. The van der Waals surface area contributed by atoms with Crippen LogP contribution < -0.4 is 5.73 Å². The highest BCUT2D eigenvalue weighted by molar-refractivity contribution is 14.1. The summed E-state index contributed by atoms with van der Waals surface area (Å²) in [4.78, 5) is 0. The van der Waals surface area contributed by atoms with Gasteiger partial charge in [0.05, 0.1) is 3.57 Å². The van der Waals surface area contributed by atoms with Gasteiger partial charge in [-0.15, -0.1) is 0 Å². The fraction of sp³-hybridized carbons (Fsp3) is 0.571. The van der Waals surface area contributed by atoms with Gasteiger partial charge in [-0.3, -0.25) is 0 Å². The second-order valence-corrected chi connectivity index (χ2v) is 3.63. The molecule has 0 aliphatic rings. The molecule has 0 saturated carbocycles. The molecule has 3 nitrogen and oxygen atoms in total. The molecule has 1 rings (SSSR count). The number of halogens is 1. The average Bonchev–Trinajstić information content (AvgIpc) is 2.32. The summed E-state index contributed by atoms with van der Waals surface area (Å²) in [6.45, 7) is 4.21. The Labute approximate surface area is 79.5 Å². The van der Waals surface area contributed by atoms with Crippen LogP contribution in [0.4, 0.5) is 5.82 Å². The second-order valence-electron chi connectivity index (χ2n) is 2.56. The molecule has 0 saturated heterocycles. The Morgan fingerprint density at radius 3 is 2.73 bits per heavy atom. The van der Waals surface area contributed by atoms with Crippen molar-refractivity contribution >= 4 is 28.4 Å². The zero-order valence-electron chi connectivity index (χ0n) is 6.60. The van der Waals surface area contributed by atoms with Gasteiger partial charge in [-0.1, -0.05) is 19.0 Å². The van der Waals surface area contributed by atoms with Crippen LogP contribution in [0.2, 0.25) is 0 Å². The van der Waals surface area contributed by atoms with Gasteiger partial charge < -0.3 is 10.3 Å². The van der Waals surface area contributed by atoms with Crippen molar-refractivity contribution in [3.05, 3.63) is 9.33 Å². The Morgan fingerprint density at radius 1 is 1.73 bits per heavy atom. The van der Waals surface area contributed by atoms with Crippen molar-refractivity contribution in [1.82, 2.24) is 5.16 Å². The smallest absolute Gasteiger partial charge is 0.180 e. The molecule has 0 spiro atoms. The lowest BCUT2D eigenvalue weighted by molar-refractivity contribution is 0.364. The van der Waals surface area contributed by atoms with Crippen molar-refractivity contribution in [2.75, 3.05) is 5.73 Å². The summed E-state index contributed by atoms with van der Waals surface area (Å²) in [6.07, 6.45) is 1.05. The Hall–Kier alpha value is -0.260. The van der Waals surface area contributed by atoms with Crippen LogP contribution in [0.1, 0.15) is 31.9 Å². The zero-order chi connectivity index (χ0) is 8.43. The first-order valence-electron chi connectivity index (χ1n) is 3.57. The van der Waals surface area contributed by atoms with Crippen molar-refractivity contribution in [2.45, 2.75) is 26.2 Å². The number of anilines is 1. The third-order valence-electron chi connectivity index (χ3n) is 1.74. The van der Waals surface area contributed by atoms with E-state index < -0.39 is 0 Å². The molecular formula is C7H11IN2O. The average molecular weight is 266 g/mol. The quantitative estimate of drug-likeness (QED) is 0.836. The van der Waals surface area contributed by atoms with Gasteiger partial charge in [0.25, 0.3) is 0 Å². The highest BCUT2D eigenvalue weighted by atomic mass is 127. The predicted molar refractivity (Wildman–Crippen MR) is 52.3 cm³/mol. The molecular weight excluding hydrogens is 255 g/mol. The first-order chi connectivity index (χ1) is 5.16. The van der Waals surface area contributed by atoms with Gasteiger partial charge in [0, 0.05) is 5.92 Å². The summed E-state index contributed by atoms with van der Waals surface area (Å²) in [5.74, 6) is 1.82. The standard InChI is InChI=1S/C7H11IN2O/c1-3-4(2)6-5(8)7(9)10-11-6/h4H,3H2,1-2H3,(H2,9,10). The molecule has 0 aliphatic carbocycles. The minimum absolute atomic E-state index is 0.409. The van der Waals surface area contributed by atoms with Crippen LogP contribution in [0.15, 0.2) is 4.52 Å². The molecule has 1 aromatic heterocycles. The number of hydrogen-bond acceptors (Lipinski definition) is 3. The Kier molecular flexibility index (Phi) is 2.75. The van der Waals surface area contributed by atoms with Gasteiger partial charge in [0.1, 0.15) is 0 Å². The largest absolute Gasteiger partial charge is 0.380 e. The Balaban J connectivity index is 2.94. The molecule has 0 amide bonds. The molecule has 0 aliphatic heterocycles. The van der Waals surface area contributed by atoms with Crippen LogP contribution >= 0.6 is 22.6 Å². The summed E-state index contributed by atoms with van der Waals surface area (Å²) >= 11 is 2.16.